The molecule has 1 fully saturated rings. The van der Waals surface area contributed by atoms with Crippen LogP contribution in [0.15, 0.2) is 59.3 Å². The van der Waals surface area contributed by atoms with Gasteiger partial charge >= 0.3 is 0 Å². The standard InChI is InChI=1S/C21H26N4O/c1-14-4-5-15(19(22)18(14)20(23)26)12-25-17-8-6-16(7-9-17)21(2)10-3-11-24-13-21/h4-9,12,22,24-25H,3,10-11,13H2,1-2H3,(H2,23,26)/b15-12-,22-19?/t21-/m1/s1. The molecule has 0 saturated carbocycles. The first-order chi connectivity index (χ1) is 12.4. The first-order valence-electron chi connectivity index (χ1n) is 8.97. The van der Waals surface area contributed by atoms with E-state index in [4.69, 9.17) is 11.1 Å². The van der Waals surface area contributed by atoms with Crippen LogP contribution in [0.5, 0.6) is 0 Å². The zero-order valence-electron chi connectivity index (χ0n) is 15.4. The van der Waals surface area contributed by atoms with E-state index in [0.29, 0.717) is 5.57 Å². The fraction of sp³-hybridized carbons (Fsp3) is 0.333. The topological polar surface area (TPSA) is 91.0 Å². The Kier molecular flexibility index (Phi) is 5.09. The van der Waals surface area contributed by atoms with Crippen molar-refractivity contribution in [1.29, 1.82) is 5.41 Å². The van der Waals surface area contributed by atoms with E-state index in [2.05, 4.69) is 41.8 Å². The molecule has 1 aliphatic heterocycles. The highest BCUT2D eigenvalue weighted by Gasteiger charge is 2.28. The van der Waals surface area contributed by atoms with Crippen LogP contribution in [0.1, 0.15) is 32.3 Å². The number of carbonyl (C=O) groups is 1. The Bertz CT molecular complexity index is 809. The first kappa shape index (κ1) is 18.1. The molecule has 1 heterocycles. The fourth-order valence-corrected chi connectivity index (χ4v) is 3.59. The quantitative estimate of drug-likeness (QED) is 0.673. The Morgan fingerprint density at radius 2 is 2.04 bits per heavy atom. The van der Waals surface area contributed by atoms with Crippen LogP contribution >= 0.6 is 0 Å². The van der Waals surface area contributed by atoms with Crippen molar-refractivity contribution in [2.24, 2.45) is 5.73 Å². The largest absolute Gasteiger partial charge is 0.366 e. The summed E-state index contributed by atoms with van der Waals surface area (Å²) in [6, 6.07) is 8.43. The molecule has 0 unspecified atom stereocenters. The molecule has 5 heteroatoms. The van der Waals surface area contributed by atoms with Crippen LogP contribution in [0.4, 0.5) is 5.69 Å². The van der Waals surface area contributed by atoms with Crippen molar-refractivity contribution < 1.29 is 4.79 Å². The van der Waals surface area contributed by atoms with E-state index in [-0.39, 0.29) is 16.7 Å². The first-order valence-corrected chi connectivity index (χ1v) is 8.97. The number of primary amides is 1. The summed E-state index contributed by atoms with van der Waals surface area (Å²) >= 11 is 0. The van der Waals surface area contributed by atoms with E-state index < -0.39 is 5.91 Å². The highest BCUT2D eigenvalue weighted by atomic mass is 16.1. The second-order valence-corrected chi connectivity index (χ2v) is 7.29. The van der Waals surface area contributed by atoms with Crippen LogP contribution in [0, 0.1) is 5.41 Å². The third-order valence-electron chi connectivity index (χ3n) is 5.27. The third-order valence-corrected chi connectivity index (χ3v) is 5.27. The van der Waals surface area contributed by atoms with Gasteiger partial charge in [0.15, 0.2) is 0 Å². The molecule has 0 bridgehead atoms. The van der Waals surface area contributed by atoms with E-state index in [1.807, 2.05) is 12.2 Å². The van der Waals surface area contributed by atoms with Crippen LogP contribution in [0.2, 0.25) is 0 Å². The minimum atomic E-state index is -0.568. The number of nitrogens with one attached hydrogen (secondary N) is 3. The molecular formula is C21H26N4O. The van der Waals surface area contributed by atoms with E-state index in [1.54, 1.807) is 13.1 Å². The Labute approximate surface area is 154 Å². The molecule has 1 aromatic carbocycles. The van der Waals surface area contributed by atoms with Crippen LogP contribution in [-0.2, 0) is 10.2 Å². The fourth-order valence-electron chi connectivity index (χ4n) is 3.59. The molecule has 5 nitrogen and oxygen atoms in total. The Morgan fingerprint density at radius 3 is 2.65 bits per heavy atom. The van der Waals surface area contributed by atoms with Gasteiger partial charge < -0.3 is 16.4 Å². The second kappa shape index (κ2) is 7.30. The molecule has 0 spiro atoms. The Balaban J connectivity index is 1.72. The number of hydrogen-bond acceptors (Lipinski definition) is 4. The number of carbonyl (C=O) groups excluding carboxylic acids is 1. The highest BCUT2D eigenvalue weighted by molar-refractivity contribution is 6.28. The average molecular weight is 350 g/mol. The van der Waals surface area contributed by atoms with Crippen LogP contribution in [0.25, 0.3) is 0 Å². The smallest absolute Gasteiger partial charge is 0.251 e. The normalized spacial score (nSPS) is 24.8. The summed E-state index contributed by atoms with van der Waals surface area (Å²) in [7, 11) is 0. The predicted octanol–water partition coefficient (Wildman–Crippen LogP) is 3.01. The molecule has 0 radical (unpaired) electrons. The van der Waals surface area contributed by atoms with E-state index in [0.717, 1.165) is 24.4 Å². The number of benzene rings is 1. The van der Waals surface area contributed by atoms with Crippen molar-refractivity contribution in [3.8, 4) is 0 Å². The van der Waals surface area contributed by atoms with Crippen LogP contribution in [0.3, 0.4) is 0 Å². The van der Waals surface area contributed by atoms with Gasteiger partial charge in [-0.2, -0.15) is 0 Å². The lowest BCUT2D eigenvalue weighted by Crippen LogP contribution is -2.41. The lowest BCUT2D eigenvalue weighted by atomic mass is 9.76. The molecule has 5 N–H and O–H groups in total. The molecule has 1 saturated heterocycles. The summed E-state index contributed by atoms with van der Waals surface area (Å²) in [4.78, 5) is 11.5. The molecule has 2 aliphatic rings. The summed E-state index contributed by atoms with van der Waals surface area (Å²) < 4.78 is 0. The Hall–Kier alpha value is -2.66. The minimum absolute atomic E-state index is 0.155. The summed E-state index contributed by atoms with van der Waals surface area (Å²) in [5, 5.41) is 14.9. The molecule has 136 valence electrons. The number of nitrogens with two attached hydrogens (primary N) is 1. The lowest BCUT2D eigenvalue weighted by Gasteiger charge is -2.34. The van der Waals surface area contributed by atoms with Gasteiger partial charge in [-0.3, -0.25) is 10.2 Å². The molecule has 26 heavy (non-hydrogen) atoms. The van der Waals surface area contributed by atoms with Gasteiger partial charge in [0.05, 0.1) is 11.3 Å². The Morgan fingerprint density at radius 1 is 1.31 bits per heavy atom. The van der Waals surface area contributed by atoms with Crippen molar-refractivity contribution in [2.45, 2.75) is 32.1 Å². The number of amides is 1. The SMILES string of the molecule is CC1=C(C(N)=O)C(=N)/C(=C\Nc2ccc([C@]3(C)CCCNC3)cc2)C=C1. The van der Waals surface area contributed by atoms with Gasteiger partial charge in [0, 0.05) is 29.4 Å². The monoisotopic (exact) mass is 350 g/mol. The van der Waals surface area contributed by atoms with Gasteiger partial charge in [-0.1, -0.05) is 31.2 Å². The number of rotatable bonds is 4. The number of hydrogen-bond donors (Lipinski definition) is 4. The van der Waals surface area contributed by atoms with Gasteiger partial charge in [0.2, 0.25) is 0 Å². The molecule has 0 aromatic heterocycles. The molecular weight excluding hydrogens is 324 g/mol. The zero-order chi connectivity index (χ0) is 18.7. The summed E-state index contributed by atoms with van der Waals surface area (Å²) in [6.07, 6.45) is 7.77. The maximum absolute atomic E-state index is 11.5. The minimum Gasteiger partial charge on any atom is -0.366 e. The number of piperidine rings is 1. The molecule has 1 atom stereocenters. The van der Waals surface area contributed by atoms with Crippen molar-refractivity contribution in [2.75, 3.05) is 18.4 Å². The van der Waals surface area contributed by atoms with Crippen LogP contribution < -0.4 is 16.4 Å². The van der Waals surface area contributed by atoms with E-state index in [9.17, 15) is 4.79 Å². The molecule has 1 amide bonds. The summed E-state index contributed by atoms with van der Waals surface area (Å²) in [5.41, 5.74) is 9.64. The van der Waals surface area contributed by atoms with Gasteiger partial charge in [-0.25, -0.2) is 0 Å². The maximum Gasteiger partial charge on any atom is 0.251 e. The van der Waals surface area contributed by atoms with Crippen LogP contribution in [-0.4, -0.2) is 24.7 Å². The predicted molar refractivity (Wildman–Crippen MR) is 106 cm³/mol. The van der Waals surface area contributed by atoms with Crippen molar-refractivity contribution in [3.05, 3.63) is 64.9 Å². The van der Waals surface area contributed by atoms with Gasteiger partial charge in [0.1, 0.15) is 0 Å². The maximum atomic E-state index is 11.5. The lowest BCUT2D eigenvalue weighted by molar-refractivity contribution is -0.114. The highest BCUT2D eigenvalue weighted by Crippen LogP contribution is 2.31. The van der Waals surface area contributed by atoms with Gasteiger partial charge in [-0.05, 0) is 49.6 Å². The van der Waals surface area contributed by atoms with Gasteiger partial charge in [0.25, 0.3) is 5.91 Å². The van der Waals surface area contributed by atoms with Gasteiger partial charge in [-0.15, -0.1) is 0 Å². The third kappa shape index (κ3) is 3.63. The summed E-state index contributed by atoms with van der Waals surface area (Å²) in [5.74, 6) is -0.568. The summed E-state index contributed by atoms with van der Waals surface area (Å²) in [6.45, 7) is 6.20. The van der Waals surface area contributed by atoms with E-state index >= 15 is 0 Å². The molecule has 3 rings (SSSR count). The van der Waals surface area contributed by atoms with Crippen molar-refractivity contribution >= 4 is 17.3 Å². The number of anilines is 1. The van der Waals surface area contributed by atoms with Crippen molar-refractivity contribution in [1.82, 2.24) is 5.32 Å². The molecule has 1 aliphatic carbocycles. The van der Waals surface area contributed by atoms with Crippen molar-refractivity contribution in [3.63, 3.8) is 0 Å². The molecule has 1 aromatic rings. The second-order valence-electron chi connectivity index (χ2n) is 7.29. The number of allylic oxidation sites excluding steroid dienone is 4. The van der Waals surface area contributed by atoms with E-state index in [1.165, 1.54) is 18.4 Å². The average Bonchev–Trinajstić information content (AvgIpc) is 2.62. The zero-order valence-corrected chi connectivity index (χ0v) is 15.4.